The number of nitrogens with two attached hydrogens (primary N) is 1. The Kier molecular flexibility index (Phi) is 4.44. The lowest BCUT2D eigenvalue weighted by Gasteiger charge is -2.33. The molecule has 0 spiro atoms. The smallest absolute Gasteiger partial charge is 0.356 e. The van der Waals surface area contributed by atoms with Gasteiger partial charge in [-0.3, -0.25) is 5.73 Å². The average molecular weight is 291 g/mol. The molecule has 1 aliphatic carbocycles. The van der Waals surface area contributed by atoms with Gasteiger partial charge in [0.1, 0.15) is 5.60 Å². The van der Waals surface area contributed by atoms with Gasteiger partial charge in [-0.1, -0.05) is 12.2 Å². The van der Waals surface area contributed by atoms with Crippen LogP contribution in [0.25, 0.3) is 0 Å². The number of carbonyl (C=O) groups excluding carboxylic acids is 1. The molecule has 0 fully saturated rings. The molecule has 0 aromatic carbocycles. The van der Waals surface area contributed by atoms with Crippen molar-refractivity contribution in [2.24, 2.45) is 11.7 Å². The number of esters is 1. The standard InChI is InChI=1S/C12H21NO5S/c1-11(2,3)17-10(14)12(13,18-19(4,15)16)9-7-5-6-8-9/h5,7,9H,6,8,13H2,1-4H3. The maximum atomic E-state index is 12.2. The molecule has 0 saturated carbocycles. The molecule has 2 unspecified atom stereocenters. The van der Waals surface area contributed by atoms with E-state index in [0.29, 0.717) is 6.42 Å². The predicted octanol–water partition coefficient (Wildman–Crippen LogP) is 0.925. The van der Waals surface area contributed by atoms with E-state index >= 15 is 0 Å². The maximum Gasteiger partial charge on any atom is 0.356 e. The highest BCUT2D eigenvalue weighted by molar-refractivity contribution is 7.86. The highest BCUT2D eigenvalue weighted by atomic mass is 32.2. The van der Waals surface area contributed by atoms with Crippen molar-refractivity contribution in [1.29, 1.82) is 0 Å². The van der Waals surface area contributed by atoms with Crippen molar-refractivity contribution in [3.05, 3.63) is 12.2 Å². The van der Waals surface area contributed by atoms with Crippen LogP contribution < -0.4 is 5.73 Å². The van der Waals surface area contributed by atoms with Gasteiger partial charge in [0.2, 0.25) is 5.72 Å². The molecule has 1 aliphatic rings. The maximum absolute atomic E-state index is 12.2. The van der Waals surface area contributed by atoms with E-state index in [-0.39, 0.29) is 0 Å². The SMILES string of the molecule is CC(C)(C)OC(=O)C(N)(OS(C)(=O)=O)C1C=CCC1. The van der Waals surface area contributed by atoms with E-state index in [2.05, 4.69) is 0 Å². The molecular formula is C12H21NO5S. The number of hydrogen-bond acceptors (Lipinski definition) is 6. The summed E-state index contributed by atoms with van der Waals surface area (Å²) in [5, 5.41) is 0. The minimum Gasteiger partial charge on any atom is -0.457 e. The lowest BCUT2D eigenvalue weighted by atomic mass is 9.95. The average Bonchev–Trinajstić information content (AvgIpc) is 2.64. The summed E-state index contributed by atoms with van der Waals surface area (Å²) in [5.41, 5.74) is 3.13. The van der Waals surface area contributed by atoms with E-state index in [1.165, 1.54) is 0 Å². The summed E-state index contributed by atoms with van der Waals surface area (Å²) >= 11 is 0. The largest absolute Gasteiger partial charge is 0.457 e. The Morgan fingerprint density at radius 3 is 2.32 bits per heavy atom. The normalized spacial score (nSPS) is 23.1. The van der Waals surface area contributed by atoms with Crippen LogP contribution in [0.1, 0.15) is 33.6 Å². The van der Waals surface area contributed by atoms with E-state index in [0.717, 1.165) is 12.7 Å². The summed E-state index contributed by atoms with van der Waals surface area (Å²) < 4.78 is 32.7. The van der Waals surface area contributed by atoms with E-state index < -0.39 is 33.3 Å². The zero-order valence-corrected chi connectivity index (χ0v) is 12.5. The van der Waals surface area contributed by atoms with E-state index in [1.807, 2.05) is 6.08 Å². The summed E-state index contributed by atoms with van der Waals surface area (Å²) in [4.78, 5) is 12.2. The fourth-order valence-corrected chi connectivity index (χ4v) is 2.54. The molecule has 0 saturated heterocycles. The molecule has 1 rings (SSSR count). The van der Waals surface area contributed by atoms with Crippen molar-refractivity contribution in [2.45, 2.75) is 44.9 Å². The zero-order valence-electron chi connectivity index (χ0n) is 11.7. The minimum absolute atomic E-state index is 0.517. The summed E-state index contributed by atoms with van der Waals surface area (Å²) in [6, 6.07) is 0. The van der Waals surface area contributed by atoms with Crippen LogP contribution in [0.3, 0.4) is 0 Å². The summed E-state index contributed by atoms with van der Waals surface area (Å²) in [6.45, 7) is 5.03. The third-order valence-corrected chi connectivity index (χ3v) is 3.15. The lowest BCUT2D eigenvalue weighted by Crippen LogP contribution is -2.58. The number of allylic oxidation sites excluding steroid dienone is 1. The zero-order chi connectivity index (χ0) is 14.9. The Bertz CT molecular complexity index is 477. The number of carbonyl (C=O) groups is 1. The second kappa shape index (κ2) is 5.22. The third-order valence-electron chi connectivity index (χ3n) is 2.57. The first-order valence-electron chi connectivity index (χ1n) is 6.04. The monoisotopic (exact) mass is 291 g/mol. The summed E-state index contributed by atoms with van der Waals surface area (Å²) in [7, 11) is -3.88. The number of ether oxygens (including phenoxy) is 1. The molecule has 6 nitrogen and oxygen atoms in total. The number of rotatable bonds is 4. The van der Waals surface area contributed by atoms with Gasteiger partial charge < -0.3 is 4.74 Å². The molecule has 19 heavy (non-hydrogen) atoms. The van der Waals surface area contributed by atoms with Gasteiger partial charge in [0.25, 0.3) is 10.1 Å². The van der Waals surface area contributed by atoms with Crippen molar-refractivity contribution in [2.75, 3.05) is 6.26 Å². The molecule has 0 heterocycles. The predicted molar refractivity (Wildman–Crippen MR) is 70.6 cm³/mol. The van der Waals surface area contributed by atoms with Crippen molar-refractivity contribution in [3.63, 3.8) is 0 Å². The topological polar surface area (TPSA) is 95.7 Å². The van der Waals surface area contributed by atoms with E-state index in [1.54, 1.807) is 26.8 Å². The van der Waals surface area contributed by atoms with E-state index in [9.17, 15) is 13.2 Å². The molecule has 110 valence electrons. The Labute approximate surface area is 114 Å². The molecule has 0 radical (unpaired) electrons. The third kappa shape index (κ3) is 4.59. The molecule has 2 N–H and O–H groups in total. The van der Waals surface area contributed by atoms with Gasteiger partial charge in [-0.25, -0.2) is 8.98 Å². The molecule has 7 heteroatoms. The van der Waals surface area contributed by atoms with Crippen LogP contribution in [0.2, 0.25) is 0 Å². The quantitative estimate of drug-likeness (QED) is 0.358. The van der Waals surface area contributed by atoms with Gasteiger partial charge in [-0.15, -0.1) is 0 Å². The van der Waals surface area contributed by atoms with Gasteiger partial charge in [0.15, 0.2) is 0 Å². The summed E-state index contributed by atoms with van der Waals surface area (Å²) in [6.07, 6.45) is 5.65. The minimum atomic E-state index is -3.88. The lowest BCUT2D eigenvalue weighted by molar-refractivity contribution is -0.177. The van der Waals surface area contributed by atoms with Crippen molar-refractivity contribution < 1.29 is 22.1 Å². The van der Waals surface area contributed by atoms with Crippen LogP contribution in [0.5, 0.6) is 0 Å². The van der Waals surface area contributed by atoms with Gasteiger partial charge in [-0.05, 0) is 33.6 Å². The van der Waals surface area contributed by atoms with Crippen molar-refractivity contribution in [1.82, 2.24) is 0 Å². The van der Waals surface area contributed by atoms with Crippen molar-refractivity contribution in [3.8, 4) is 0 Å². The van der Waals surface area contributed by atoms with Crippen LogP contribution in [0, 0.1) is 5.92 Å². The highest BCUT2D eigenvalue weighted by Gasteiger charge is 2.48. The Balaban J connectivity index is 3.04. The van der Waals surface area contributed by atoms with Crippen LogP contribution >= 0.6 is 0 Å². The Hall–Kier alpha value is -0.920. The van der Waals surface area contributed by atoms with Crippen molar-refractivity contribution >= 4 is 16.1 Å². The molecule has 0 amide bonds. The van der Waals surface area contributed by atoms with Crippen LogP contribution in [0.4, 0.5) is 0 Å². The van der Waals surface area contributed by atoms with E-state index in [4.69, 9.17) is 14.7 Å². The molecule has 0 bridgehead atoms. The van der Waals surface area contributed by atoms with Gasteiger partial charge in [0, 0.05) is 5.92 Å². The van der Waals surface area contributed by atoms with Crippen LogP contribution in [0.15, 0.2) is 12.2 Å². The first kappa shape index (κ1) is 16.1. The first-order valence-corrected chi connectivity index (χ1v) is 7.85. The van der Waals surface area contributed by atoms with Gasteiger partial charge in [0.05, 0.1) is 6.26 Å². The Morgan fingerprint density at radius 1 is 1.37 bits per heavy atom. The number of hydrogen-bond donors (Lipinski definition) is 1. The molecular weight excluding hydrogens is 270 g/mol. The second-order valence-electron chi connectivity index (χ2n) is 5.69. The summed E-state index contributed by atoms with van der Waals surface area (Å²) in [5.74, 6) is -1.39. The molecule has 2 atom stereocenters. The van der Waals surface area contributed by atoms with Crippen LogP contribution in [-0.4, -0.2) is 32.0 Å². The van der Waals surface area contributed by atoms with Gasteiger partial charge >= 0.3 is 5.97 Å². The second-order valence-corrected chi connectivity index (χ2v) is 7.27. The molecule has 0 aliphatic heterocycles. The van der Waals surface area contributed by atoms with Crippen LogP contribution in [-0.2, 0) is 23.8 Å². The fourth-order valence-electron chi connectivity index (χ4n) is 1.85. The molecule has 0 aromatic heterocycles. The first-order chi connectivity index (χ1) is 8.44. The van der Waals surface area contributed by atoms with Gasteiger partial charge in [-0.2, -0.15) is 8.42 Å². The Morgan fingerprint density at radius 2 is 1.95 bits per heavy atom. The fraction of sp³-hybridized carbons (Fsp3) is 0.750. The molecule has 0 aromatic rings. The highest BCUT2D eigenvalue weighted by Crippen LogP contribution is 2.31.